The average molecular weight is 447 g/mol. The van der Waals surface area contributed by atoms with Crippen LogP contribution < -0.4 is 24.4 Å². The molecule has 0 heterocycles. The number of rotatable bonds is 12. The van der Waals surface area contributed by atoms with E-state index in [4.69, 9.17) is 30.5 Å². The van der Waals surface area contributed by atoms with E-state index in [0.717, 1.165) is 6.42 Å². The van der Waals surface area contributed by atoms with Gasteiger partial charge in [-0.2, -0.15) is 5.10 Å². The molecular weight excluding hydrogens is 420 g/mol. The lowest BCUT2D eigenvalue weighted by atomic mass is 10.2. The molecule has 2 rings (SSSR count). The van der Waals surface area contributed by atoms with Crippen LogP contribution in [0.1, 0.15) is 36.2 Å². The van der Waals surface area contributed by atoms with Crippen molar-refractivity contribution in [2.75, 3.05) is 26.9 Å². The second-order valence-corrected chi connectivity index (χ2v) is 6.68. The molecule has 0 atom stereocenters. The fourth-order valence-electron chi connectivity index (χ4n) is 2.58. The number of halogens is 1. The molecule has 0 saturated carbocycles. The zero-order valence-electron chi connectivity index (χ0n) is 17.9. The largest absolute Gasteiger partial charge is 0.493 e. The fraction of sp³-hybridized carbons (Fsp3) is 0.304. The third-order valence-electron chi connectivity index (χ3n) is 3.94. The van der Waals surface area contributed by atoms with Crippen molar-refractivity contribution in [2.24, 2.45) is 5.10 Å². The molecule has 0 radical (unpaired) electrons. The number of hydrazone groups is 1. The molecule has 2 aromatic rings. The minimum absolute atomic E-state index is 0.297. The standard InChI is InChI=1S/C23H27ClN2O5/c1-5-10-30-19-9-8-17(14-20(19)29-7-3)23(27)26-25-15-16-12-18(24)22(31-11-6-2)21(13-16)28-4/h6,8-9,12-15H,2,5,7,10-11H2,1,3-4H3,(H,26,27)/b25-15+. The number of carbonyl (C=O) groups is 1. The highest BCUT2D eigenvalue weighted by Gasteiger charge is 2.13. The quantitative estimate of drug-likeness (QED) is 0.286. The molecule has 2 aromatic carbocycles. The number of amides is 1. The topological polar surface area (TPSA) is 78.4 Å². The smallest absolute Gasteiger partial charge is 0.271 e. The lowest BCUT2D eigenvalue weighted by Gasteiger charge is -2.12. The van der Waals surface area contributed by atoms with Gasteiger partial charge in [-0.05, 0) is 49.2 Å². The second kappa shape index (κ2) is 12.5. The van der Waals surface area contributed by atoms with Crippen LogP contribution in [0.2, 0.25) is 5.02 Å². The number of nitrogens with zero attached hydrogens (tertiary/aromatic N) is 1. The summed E-state index contributed by atoms with van der Waals surface area (Å²) in [6.45, 7) is 8.82. The summed E-state index contributed by atoms with van der Waals surface area (Å²) in [5.41, 5.74) is 3.52. The maximum Gasteiger partial charge on any atom is 0.271 e. The first-order valence-corrected chi connectivity index (χ1v) is 10.3. The third-order valence-corrected chi connectivity index (χ3v) is 4.23. The molecule has 1 N–H and O–H groups in total. The van der Waals surface area contributed by atoms with Crippen LogP contribution in [0, 0.1) is 0 Å². The highest BCUT2D eigenvalue weighted by molar-refractivity contribution is 6.32. The van der Waals surface area contributed by atoms with Gasteiger partial charge in [-0.1, -0.05) is 31.2 Å². The first-order valence-electron chi connectivity index (χ1n) is 9.88. The molecule has 31 heavy (non-hydrogen) atoms. The van der Waals surface area contributed by atoms with Crippen molar-refractivity contribution < 1.29 is 23.7 Å². The minimum Gasteiger partial charge on any atom is -0.493 e. The Morgan fingerprint density at radius 3 is 2.61 bits per heavy atom. The third kappa shape index (κ3) is 6.93. The molecule has 0 aliphatic heterocycles. The van der Waals surface area contributed by atoms with Crippen LogP contribution in [0.25, 0.3) is 0 Å². The Morgan fingerprint density at radius 2 is 1.94 bits per heavy atom. The number of ether oxygens (including phenoxy) is 4. The van der Waals surface area contributed by atoms with Gasteiger partial charge in [-0.3, -0.25) is 4.79 Å². The van der Waals surface area contributed by atoms with Crippen LogP contribution in [0.15, 0.2) is 48.1 Å². The van der Waals surface area contributed by atoms with Crippen LogP contribution >= 0.6 is 11.6 Å². The van der Waals surface area contributed by atoms with Crippen molar-refractivity contribution >= 4 is 23.7 Å². The van der Waals surface area contributed by atoms with Crippen LogP contribution in [0.4, 0.5) is 0 Å². The van der Waals surface area contributed by atoms with Gasteiger partial charge in [-0.15, -0.1) is 0 Å². The van der Waals surface area contributed by atoms with E-state index in [9.17, 15) is 4.79 Å². The van der Waals surface area contributed by atoms with Crippen LogP contribution in [-0.4, -0.2) is 39.1 Å². The lowest BCUT2D eigenvalue weighted by molar-refractivity contribution is 0.0954. The van der Waals surface area contributed by atoms with Gasteiger partial charge < -0.3 is 18.9 Å². The molecule has 0 unspecified atom stereocenters. The summed E-state index contributed by atoms with van der Waals surface area (Å²) >= 11 is 6.27. The number of methoxy groups -OCH3 is 1. The Balaban J connectivity index is 2.12. The molecule has 0 aliphatic rings. The minimum atomic E-state index is -0.386. The molecule has 0 spiro atoms. The first kappa shape index (κ1) is 24.1. The molecule has 166 valence electrons. The summed E-state index contributed by atoms with van der Waals surface area (Å²) in [5, 5.41) is 4.37. The van der Waals surface area contributed by atoms with Crippen LogP contribution in [0.3, 0.4) is 0 Å². The van der Waals surface area contributed by atoms with Crippen molar-refractivity contribution in [3.05, 3.63) is 59.1 Å². The molecule has 0 fully saturated rings. The fourth-order valence-corrected chi connectivity index (χ4v) is 2.85. The maximum absolute atomic E-state index is 12.5. The second-order valence-electron chi connectivity index (χ2n) is 6.28. The molecular formula is C23H27ClN2O5. The van der Waals surface area contributed by atoms with E-state index < -0.39 is 0 Å². The number of nitrogens with one attached hydrogen (secondary N) is 1. The predicted molar refractivity (Wildman–Crippen MR) is 122 cm³/mol. The molecule has 0 saturated heterocycles. The summed E-state index contributed by atoms with van der Waals surface area (Å²) in [6.07, 6.45) is 3.95. The Labute approximate surface area is 187 Å². The number of benzene rings is 2. The lowest BCUT2D eigenvalue weighted by Crippen LogP contribution is -2.17. The van der Waals surface area contributed by atoms with Crippen LogP contribution in [0.5, 0.6) is 23.0 Å². The Kier molecular flexibility index (Phi) is 9.71. The van der Waals surface area contributed by atoms with Gasteiger partial charge >= 0.3 is 0 Å². The van der Waals surface area contributed by atoms with E-state index in [0.29, 0.717) is 59.0 Å². The van der Waals surface area contributed by atoms with E-state index in [-0.39, 0.29) is 5.91 Å². The van der Waals surface area contributed by atoms with Gasteiger partial charge in [0.25, 0.3) is 5.91 Å². The number of hydrogen-bond donors (Lipinski definition) is 1. The van der Waals surface area contributed by atoms with Gasteiger partial charge in [-0.25, -0.2) is 5.43 Å². The molecule has 8 heteroatoms. The van der Waals surface area contributed by atoms with Gasteiger partial charge in [0, 0.05) is 5.56 Å². The van der Waals surface area contributed by atoms with Crippen molar-refractivity contribution in [3.8, 4) is 23.0 Å². The van der Waals surface area contributed by atoms with Gasteiger partial charge in [0.2, 0.25) is 0 Å². The molecule has 0 bridgehead atoms. The van der Waals surface area contributed by atoms with Crippen molar-refractivity contribution in [1.29, 1.82) is 0 Å². The summed E-state index contributed by atoms with van der Waals surface area (Å²) < 4.78 is 22.1. The Morgan fingerprint density at radius 1 is 1.13 bits per heavy atom. The van der Waals surface area contributed by atoms with E-state index in [2.05, 4.69) is 17.1 Å². The monoisotopic (exact) mass is 446 g/mol. The zero-order chi connectivity index (χ0) is 22.6. The van der Waals surface area contributed by atoms with Crippen molar-refractivity contribution in [3.63, 3.8) is 0 Å². The van der Waals surface area contributed by atoms with E-state index in [1.54, 1.807) is 36.4 Å². The van der Waals surface area contributed by atoms with Crippen molar-refractivity contribution in [2.45, 2.75) is 20.3 Å². The van der Waals surface area contributed by atoms with E-state index in [1.807, 2.05) is 13.8 Å². The SMILES string of the molecule is C=CCOc1c(Cl)cc(/C=N/NC(=O)c2ccc(OCCC)c(OCC)c2)cc1OC. The predicted octanol–water partition coefficient (Wildman–Crippen LogP) is 4.86. The average Bonchev–Trinajstić information content (AvgIpc) is 2.77. The van der Waals surface area contributed by atoms with Gasteiger partial charge in [0.15, 0.2) is 23.0 Å². The summed E-state index contributed by atoms with van der Waals surface area (Å²) in [4.78, 5) is 12.5. The molecule has 1 amide bonds. The molecule has 0 aromatic heterocycles. The van der Waals surface area contributed by atoms with E-state index >= 15 is 0 Å². The Hall–Kier alpha value is -3.19. The normalized spacial score (nSPS) is 10.6. The van der Waals surface area contributed by atoms with Crippen LogP contribution in [-0.2, 0) is 0 Å². The summed E-state index contributed by atoms with van der Waals surface area (Å²) in [6, 6.07) is 8.36. The van der Waals surface area contributed by atoms with Gasteiger partial charge in [0.05, 0.1) is 31.6 Å². The molecule has 7 nitrogen and oxygen atoms in total. The zero-order valence-corrected chi connectivity index (χ0v) is 18.7. The number of carbonyl (C=O) groups excluding carboxylic acids is 1. The highest BCUT2D eigenvalue weighted by Crippen LogP contribution is 2.36. The van der Waals surface area contributed by atoms with Crippen molar-refractivity contribution in [1.82, 2.24) is 5.43 Å². The van der Waals surface area contributed by atoms with Gasteiger partial charge in [0.1, 0.15) is 6.61 Å². The molecule has 0 aliphatic carbocycles. The number of hydrogen-bond acceptors (Lipinski definition) is 6. The Bertz CT molecular complexity index is 930. The van der Waals surface area contributed by atoms with E-state index in [1.165, 1.54) is 13.3 Å². The summed E-state index contributed by atoms with van der Waals surface area (Å²) in [7, 11) is 1.51. The highest BCUT2D eigenvalue weighted by atomic mass is 35.5. The summed E-state index contributed by atoms with van der Waals surface area (Å²) in [5.74, 6) is 1.59. The first-order chi connectivity index (χ1) is 15.0. The maximum atomic E-state index is 12.5.